The maximum absolute atomic E-state index is 13.6. The number of halogens is 1. The van der Waals surface area contributed by atoms with Crippen LogP contribution in [-0.2, 0) is 16.4 Å². The smallest absolute Gasteiger partial charge is 0.263 e. The van der Waals surface area contributed by atoms with Gasteiger partial charge in [0.05, 0.1) is 22.8 Å². The maximum atomic E-state index is 13.6. The van der Waals surface area contributed by atoms with Crippen LogP contribution in [0.3, 0.4) is 0 Å². The van der Waals surface area contributed by atoms with Crippen molar-refractivity contribution in [3.63, 3.8) is 0 Å². The van der Waals surface area contributed by atoms with E-state index in [2.05, 4.69) is 5.10 Å². The molecule has 27 heavy (non-hydrogen) atoms. The molecule has 0 saturated heterocycles. The summed E-state index contributed by atoms with van der Waals surface area (Å²) in [5.74, 6) is -0.351. The summed E-state index contributed by atoms with van der Waals surface area (Å²) in [6, 6.07) is 13.2. The second-order valence-electron chi connectivity index (χ2n) is 6.87. The first-order valence-electron chi connectivity index (χ1n) is 8.75. The summed E-state index contributed by atoms with van der Waals surface area (Å²) < 4.78 is 43.4. The van der Waals surface area contributed by atoms with Gasteiger partial charge in [-0.15, -0.1) is 0 Å². The third-order valence-corrected chi connectivity index (χ3v) is 7.14. The van der Waals surface area contributed by atoms with Gasteiger partial charge in [-0.1, -0.05) is 18.2 Å². The number of rotatable bonds is 3. The first-order chi connectivity index (χ1) is 12.8. The minimum Gasteiger partial charge on any atom is -0.263 e. The number of aryl methyl sites for hydroxylation is 1. The number of para-hydroxylation sites is 1. The van der Waals surface area contributed by atoms with Gasteiger partial charge in [0.1, 0.15) is 10.7 Å². The molecule has 0 amide bonds. The van der Waals surface area contributed by atoms with Gasteiger partial charge in [0.15, 0.2) is 0 Å². The first-order valence-corrected chi connectivity index (χ1v) is 10.2. The number of hydrogen-bond donors (Lipinski definition) is 0. The lowest BCUT2D eigenvalue weighted by Crippen LogP contribution is -2.36. The van der Waals surface area contributed by atoms with Crippen molar-refractivity contribution in [2.75, 3.05) is 4.31 Å². The topological polar surface area (TPSA) is 55.2 Å². The van der Waals surface area contributed by atoms with Gasteiger partial charge in [-0.3, -0.25) is 4.31 Å². The fourth-order valence-corrected chi connectivity index (χ4v) is 5.89. The molecule has 1 aliphatic rings. The lowest BCUT2D eigenvalue weighted by molar-refractivity contribution is 0.583. The Balaban J connectivity index is 1.85. The monoisotopic (exact) mass is 385 g/mol. The van der Waals surface area contributed by atoms with E-state index >= 15 is 0 Å². The van der Waals surface area contributed by atoms with E-state index in [1.54, 1.807) is 30.7 Å². The fourth-order valence-electron chi connectivity index (χ4n) is 3.84. The van der Waals surface area contributed by atoms with Crippen molar-refractivity contribution in [1.82, 2.24) is 9.78 Å². The number of anilines is 1. The van der Waals surface area contributed by atoms with E-state index in [4.69, 9.17) is 0 Å². The minimum atomic E-state index is -3.78. The molecule has 3 aromatic rings. The van der Waals surface area contributed by atoms with E-state index in [0.717, 1.165) is 11.3 Å². The molecule has 7 heteroatoms. The summed E-state index contributed by atoms with van der Waals surface area (Å²) in [7, 11) is -3.78. The normalized spacial score (nSPS) is 16.6. The van der Waals surface area contributed by atoms with E-state index < -0.39 is 10.0 Å². The molecule has 0 bridgehead atoms. The zero-order valence-corrected chi connectivity index (χ0v) is 16.2. The molecule has 0 radical (unpaired) electrons. The van der Waals surface area contributed by atoms with Gasteiger partial charge < -0.3 is 0 Å². The lowest BCUT2D eigenvalue weighted by atomic mass is 10.1. The molecule has 1 aliphatic heterocycles. The molecule has 0 unspecified atom stereocenters. The highest BCUT2D eigenvalue weighted by molar-refractivity contribution is 7.93. The highest BCUT2D eigenvalue weighted by atomic mass is 32.2. The van der Waals surface area contributed by atoms with E-state index in [-0.39, 0.29) is 16.8 Å². The zero-order chi connectivity index (χ0) is 19.3. The van der Waals surface area contributed by atoms with Crippen LogP contribution in [0.25, 0.3) is 5.69 Å². The number of hydrogen-bond acceptors (Lipinski definition) is 3. The second kappa shape index (κ2) is 6.20. The number of fused-ring (bicyclic) bond motifs is 1. The summed E-state index contributed by atoms with van der Waals surface area (Å²) in [5, 5.41) is 4.42. The van der Waals surface area contributed by atoms with E-state index in [1.165, 1.54) is 16.4 Å². The van der Waals surface area contributed by atoms with Crippen LogP contribution < -0.4 is 4.31 Å². The Morgan fingerprint density at radius 3 is 2.44 bits per heavy atom. The Labute approximate surface area is 158 Å². The number of nitrogens with zero attached hydrogens (tertiary/aromatic N) is 3. The maximum Gasteiger partial charge on any atom is 0.268 e. The fraction of sp³-hybridized carbons (Fsp3) is 0.250. The van der Waals surface area contributed by atoms with Gasteiger partial charge in [0.2, 0.25) is 0 Å². The van der Waals surface area contributed by atoms with Crippen LogP contribution in [0.2, 0.25) is 0 Å². The Hall–Kier alpha value is -2.67. The standard InChI is InChI=1S/C20H20FN3O2S/c1-13-12-16-6-4-5-7-19(16)24(13)27(25,26)20-14(2)22-23(15(20)3)18-10-8-17(21)9-11-18/h4-11,13H,12H2,1-3H3/t13-/m1/s1. The first kappa shape index (κ1) is 17.7. The summed E-state index contributed by atoms with van der Waals surface area (Å²) in [6.07, 6.45) is 0.680. The SMILES string of the molecule is Cc1nn(-c2ccc(F)cc2)c(C)c1S(=O)(=O)N1c2ccccc2C[C@H]1C. The highest BCUT2D eigenvalue weighted by Crippen LogP contribution is 2.38. The van der Waals surface area contributed by atoms with Crippen molar-refractivity contribution in [3.8, 4) is 5.69 Å². The van der Waals surface area contributed by atoms with Crippen LogP contribution >= 0.6 is 0 Å². The second-order valence-corrected chi connectivity index (χ2v) is 8.62. The number of benzene rings is 2. The third-order valence-electron chi connectivity index (χ3n) is 4.96. The molecule has 0 aliphatic carbocycles. The Morgan fingerprint density at radius 1 is 1.07 bits per heavy atom. The molecule has 0 N–H and O–H groups in total. The summed E-state index contributed by atoms with van der Waals surface area (Å²) in [6.45, 7) is 5.32. The van der Waals surface area contributed by atoms with E-state index in [9.17, 15) is 12.8 Å². The predicted octanol–water partition coefficient (Wildman–Crippen LogP) is 3.77. The lowest BCUT2D eigenvalue weighted by Gasteiger charge is -2.24. The molecule has 0 fully saturated rings. The Morgan fingerprint density at radius 2 is 1.74 bits per heavy atom. The quantitative estimate of drug-likeness (QED) is 0.690. The van der Waals surface area contributed by atoms with Crippen LogP contribution in [-0.4, -0.2) is 24.2 Å². The molecule has 140 valence electrons. The molecule has 1 aromatic heterocycles. The number of sulfonamides is 1. The van der Waals surface area contributed by atoms with Gasteiger partial charge in [-0.2, -0.15) is 5.10 Å². The largest absolute Gasteiger partial charge is 0.268 e. The Bertz CT molecular complexity index is 1120. The third kappa shape index (κ3) is 2.73. The van der Waals surface area contributed by atoms with E-state index in [1.807, 2.05) is 31.2 Å². The van der Waals surface area contributed by atoms with Crippen molar-refractivity contribution in [1.29, 1.82) is 0 Å². The van der Waals surface area contributed by atoms with Gasteiger partial charge in [-0.25, -0.2) is 17.5 Å². The molecule has 2 aromatic carbocycles. The predicted molar refractivity (Wildman–Crippen MR) is 102 cm³/mol. The molecule has 0 saturated carbocycles. The zero-order valence-electron chi connectivity index (χ0n) is 15.3. The van der Waals surface area contributed by atoms with Crippen molar-refractivity contribution >= 4 is 15.7 Å². The van der Waals surface area contributed by atoms with Gasteiger partial charge >= 0.3 is 0 Å². The van der Waals surface area contributed by atoms with Crippen molar-refractivity contribution < 1.29 is 12.8 Å². The van der Waals surface area contributed by atoms with Crippen molar-refractivity contribution in [2.24, 2.45) is 0 Å². The van der Waals surface area contributed by atoms with Crippen LogP contribution in [0.15, 0.2) is 53.4 Å². The van der Waals surface area contributed by atoms with Gasteiger partial charge in [0, 0.05) is 6.04 Å². The van der Waals surface area contributed by atoms with E-state index in [0.29, 0.717) is 23.5 Å². The van der Waals surface area contributed by atoms with Crippen LogP contribution in [0.5, 0.6) is 0 Å². The molecule has 4 rings (SSSR count). The van der Waals surface area contributed by atoms with Crippen molar-refractivity contribution in [3.05, 3.63) is 71.3 Å². The van der Waals surface area contributed by atoms with Gasteiger partial charge in [0.25, 0.3) is 10.0 Å². The molecular weight excluding hydrogens is 365 g/mol. The van der Waals surface area contributed by atoms with Crippen molar-refractivity contribution in [2.45, 2.75) is 38.1 Å². The van der Waals surface area contributed by atoms with Crippen LogP contribution in [0.1, 0.15) is 23.9 Å². The summed E-state index contributed by atoms with van der Waals surface area (Å²) >= 11 is 0. The minimum absolute atomic E-state index is 0.166. The average Bonchev–Trinajstić information content (AvgIpc) is 3.11. The molecule has 0 spiro atoms. The molecule has 5 nitrogen and oxygen atoms in total. The molecule has 2 heterocycles. The van der Waals surface area contributed by atoms with Gasteiger partial charge in [-0.05, 0) is 63.1 Å². The summed E-state index contributed by atoms with van der Waals surface area (Å²) in [4.78, 5) is 0.204. The Kier molecular flexibility index (Phi) is 4.07. The summed E-state index contributed by atoms with van der Waals surface area (Å²) in [5.41, 5.74) is 3.30. The van der Waals surface area contributed by atoms with Crippen LogP contribution in [0, 0.1) is 19.7 Å². The highest BCUT2D eigenvalue weighted by Gasteiger charge is 2.39. The van der Waals surface area contributed by atoms with Crippen LogP contribution in [0.4, 0.5) is 10.1 Å². The molecule has 1 atom stereocenters. The molecular formula is C20H20FN3O2S. The number of aromatic nitrogens is 2. The average molecular weight is 385 g/mol.